The highest BCUT2D eigenvalue weighted by Gasteiger charge is 2.36. The van der Waals surface area contributed by atoms with Gasteiger partial charge in [0, 0.05) is 12.1 Å². The van der Waals surface area contributed by atoms with Gasteiger partial charge in [0.1, 0.15) is 12.7 Å². The minimum atomic E-state index is 0.127. The summed E-state index contributed by atoms with van der Waals surface area (Å²) in [6, 6.07) is 8.07. The number of rotatable bonds is 3. The highest BCUT2D eigenvalue weighted by atomic mass is 16.5. The largest absolute Gasteiger partial charge is 0.374 e. The molecule has 6 heteroatoms. The molecule has 0 bridgehead atoms. The first-order valence-corrected chi connectivity index (χ1v) is 8.65. The van der Waals surface area contributed by atoms with Crippen LogP contribution in [0.5, 0.6) is 0 Å². The van der Waals surface area contributed by atoms with Crippen LogP contribution < -0.4 is 0 Å². The number of hydrogen-bond acceptors (Lipinski definition) is 4. The number of fused-ring (bicyclic) bond motifs is 1. The minimum Gasteiger partial charge on any atom is -0.374 e. The zero-order valence-electron chi connectivity index (χ0n) is 13.7. The second kappa shape index (κ2) is 6.73. The molecule has 1 amide bonds. The molecular formula is C18H22N4O2. The molecule has 0 radical (unpaired) electrons. The van der Waals surface area contributed by atoms with Gasteiger partial charge in [-0.2, -0.15) is 5.10 Å². The summed E-state index contributed by atoms with van der Waals surface area (Å²) in [4.78, 5) is 18.9. The maximum atomic E-state index is 12.9. The molecule has 6 nitrogen and oxygen atoms in total. The van der Waals surface area contributed by atoms with Crippen molar-refractivity contribution in [3.63, 3.8) is 0 Å². The monoisotopic (exact) mass is 326 g/mol. The predicted octanol–water partition coefficient (Wildman–Crippen LogP) is 2.11. The summed E-state index contributed by atoms with van der Waals surface area (Å²) >= 11 is 0. The topological polar surface area (TPSA) is 60.2 Å². The second-order valence-corrected chi connectivity index (χ2v) is 6.55. The van der Waals surface area contributed by atoms with Crippen molar-refractivity contribution < 1.29 is 9.53 Å². The van der Waals surface area contributed by atoms with Crippen LogP contribution >= 0.6 is 0 Å². The van der Waals surface area contributed by atoms with E-state index in [1.807, 2.05) is 29.2 Å². The summed E-state index contributed by atoms with van der Waals surface area (Å²) in [7, 11) is 0. The van der Waals surface area contributed by atoms with Crippen LogP contribution in [0.1, 0.15) is 41.6 Å². The van der Waals surface area contributed by atoms with Crippen LogP contribution in [0, 0.1) is 0 Å². The number of benzene rings is 1. The van der Waals surface area contributed by atoms with E-state index < -0.39 is 0 Å². The summed E-state index contributed by atoms with van der Waals surface area (Å²) in [6.07, 6.45) is 7.97. The Balaban J connectivity index is 1.47. The fraction of sp³-hybridized carbons (Fsp3) is 0.500. The van der Waals surface area contributed by atoms with Gasteiger partial charge in [-0.05, 0) is 30.5 Å². The smallest absolute Gasteiger partial charge is 0.254 e. The Kier molecular flexibility index (Phi) is 4.30. The van der Waals surface area contributed by atoms with Gasteiger partial charge in [-0.1, -0.05) is 25.0 Å². The number of carbonyl (C=O) groups excluding carboxylic acids is 1. The highest BCUT2D eigenvalue weighted by Crippen LogP contribution is 2.29. The number of hydrogen-bond donors (Lipinski definition) is 0. The van der Waals surface area contributed by atoms with E-state index in [0.717, 1.165) is 24.0 Å². The molecule has 2 aliphatic rings. The lowest BCUT2D eigenvalue weighted by Crippen LogP contribution is -2.54. The average molecular weight is 326 g/mol. The zero-order valence-corrected chi connectivity index (χ0v) is 13.7. The van der Waals surface area contributed by atoms with Gasteiger partial charge in [0.2, 0.25) is 0 Å². The van der Waals surface area contributed by atoms with Crippen LogP contribution in [-0.4, -0.2) is 50.9 Å². The number of nitrogens with zero attached hydrogens (tertiary/aromatic N) is 4. The van der Waals surface area contributed by atoms with Crippen LogP contribution in [0.3, 0.4) is 0 Å². The molecule has 126 valence electrons. The molecule has 0 spiro atoms. The molecule has 2 aromatic rings. The Morgan fingerprint density at radius 1 is 1.21 bits per heavy atom. The quantitative estimate of drug-likeness (QED) is 0.867. The zero-order chi connectivity index (χ0) is 16.4. The average Bonchev–Trinajstić information content (AvgIpc) is 3.14. The molecule has 1 aliphatic heterocycles. The summed E-state index contributed by atoms with van der Waals surface area (Å²) < 4.78 is 7.64. The molecule has 1 saturated heterocycles. The van der Waals surface area contributed by atoms with Gasteiger partial charge in [0.15, 0.2) is 0 Å². The first-order valence-electron chi connectivity index (χ1n) is 8.65. The van der Waals surface area contributed by atoms with Crippen LogP contribution in [0.15, 0.2) is 36.9 Å². The summed E-state index contributed by atoms with van der Waals surface area (Å²) in [5.74, 6) is 0.127. The number of morpholine rings is 1. The Hall–Kier alpha value is -2.21. The predicted molar refractivity (Wildman–Crippen MR) is 88.6 cm³/mol. The number of amides is 1. The molecule has 1 aromatic carbocycles. The second-order valence-electron chi connectivity index (χ2n) is 6.55. The normalized spacial score (nSPS) is 23.8. The fourth-order valence-corrected chi connectivity index (χ4v) is 3.77. The van der Waals surface area contributed by atoms with Crippen molar-refractivity contribution in [1.82, 2.24) is 19.7 Å². The van der Waals surface area contributed by atoms with Gasteiger partial charge in [0.25, 0.3) is 5.91 Å². The van der Waals surface area contributed by atoms with Gasteiger partial charge >= 0.3 is 0 Å². The fourth-order valence-electron chi connectivity index (χ4n) is 3.77. The molecule has 0 N–H and O–H groups in total. The molecule has 0 unspecified atom stereocenters. The molecule has 4 rings (SSSR count). The number of ether oxygens (including phenoxy) is 1. The molecule has 1 aromatic heterocycles. The molecule has 24 heavy (non-hydrogen) atoms. The maximum Gasteiger partial charge on any atom is 0.254 e. The highest BCUT2D eigenvalue weighted by molar-refractivity contribution is 5.94. The summed E-state index contributed by atoms with van der Waals surface area (Å²) in [6.45, 7) is 2.01. The van der Waals surface area contributed by atoms with Gasteiger partial charge in [-0.15, -0.1) is 0 Å². The Morgan fingerprint density at radius 2 is 2.04 bits per heavy atom. The molecule has 1 saturated carbocycles. The SMILES string of the molecule is O=C(c1ccc(Cn2cncn2)cc1)N1CCO[C@@H]2CCCC[C@@H]21. The Bertz CT molecular complexity index is 682. The standard InChI is InChI=1S/C18H22N4O2/c23-18(22-9-10-24-17-4-2-1-3-16(17)22)15-7-5-14(6-8-15)11-21-13-19-12-20-21/h5-8,12-13,16-17H,1-4,9-11H2/t16-,17+/m0/s1. The van der Waals surface area contributed by atoms with E-state index in [0.29, 0.717) is 19.7 Å². The van der Waals surface area contributed by atoms with Crippen molar-refractivity contribution in [1.29, 1.82) is 0 Å². The molecular weight excluding hydrogens is 304 g/mol. The molecule has 2 atom stereocenters. The van der Waals surface area contributed by atoms with Crippen LogP contribution in [0.4, 0.5) is 0 Å². The van der Waals surface area contributed by atoms with Crippen molar-refractivity contribution in [2.75, 3.05) is 13.2 Å². The van der Waals surface area contributed by atoms with Crippen molar-refractivity contribution in [2.24, 2.45) is 0 Å². The summed E-state index contributed by atoms with van der Waals surface area (Å²) in [5.41, 5.74) is 1.86. The third-order valence-electron chi connectivity index (χ3n) is 5.01. The minimum absolute atomic E-state index is 0.127. The first-order chi connectivity index (χ1) is 11.8. The van der Waals surface area contributed by atoms with Crippen molar-refractivity contribution >= 4 is 5.91 Å². The lowest BCUT2D eigenvalue weighted by molar-refractivity contribution is -0.0752. The number of carbonyl (C=O) groups is 1. The lowest BCUT2D eigenvalue weighted by Gasteiger charge is -2.43. The van der Waals surface area contributed by atoms with E-state index in [9.17, 15) is 4.79 Å². The van der Waals surface area contributed by atoms with Crippen LogP contribution in [0.25, 0.3) is 0 Å². The lowest BCUT2D eigenvalue weighted by atomic mass is 9.89. The Labute approximate surface area is 141 Å². The van der Waals surface area contributed by atoms with E-state index in [1.165, 1.54) is 19.2 Å². The maximum absolute atomic E-state index is 12.9. The third-order valence-corrected chi connectivity index (χ3v) is 5.01. The molecule has 1 aliphatic carbocycles. The first kappa shape index (κ1) is 15.3. The molecule has 2 fully saturated rings. The Morgan fingerprint density at radius 3 is 2.83 bits per heavy atom. The van der Waals surface area contributed by atoms with Crippen molar-refractivity contribution in [2.45, 2.75) is 44.4 Å². The third kappa shape index (κ3) is 3.06. The van der Waals surface area contributed by atoms with E-state index in [4.69, 9.17) is 4.74 Å². The van der Waals surface area contributed by atoms with Gasteiger partial charge in [-0.3, -0.25) is 4.79 Å². The van der Waals surface area contributed by atoms with Gasteiger partial charge in [0.05, 0.1) is 25.3 Å². The van der Waals surface area contributed by atoms with Crippen molar-refractivity contribution in [3.05, 3.63) is 48.0 Å². The van der Waals surface area contributed by atoms with Crippen LogP contribution in [0.2, 0.25) is 0 Å². The van der Waals surface area contributed by atoms with Gasteiger partial charge in [-0.25, -0.2) is 9.67 Å². The number of aromatic nitrogens is 3. The van der Waals surface area contributed by atoms with E-state index >= 15 is 0 Å². The van der Waals surface area contributed by atoms with E-state index in [-0.39, 0.29) is 18.1 Å². The van der Waals surface area contributed by atoms with Gasteiger partial charge < -0.3 is 9.64 Å². The van der Waals surface area contributed by atoms with Crippen molar-refractivity contribution in [3.8, 4) is 0 Å². The molecule has 2 heterocycles. The van der Waals surface area contributed by atoms with E-state index in [1.54, 1.807) is 11.0 Å². The van der Waals surface area contributed by atoms with E-state index in [2.05, 4.69) is 10.1 Å². The summed E-state index contributed by atoms with van der Waals surface area (Å²) in [5, 5.41) is 4.10. The van der Waals surface area contributed by atoms with Crippen LogP contribution in [-0.2, 0) is 11.3 Å².